The average molecular weight is 464 g/mol. The first-order valence-corrected chi connectivity index (χ1v) is 11.6. The molecule has 32 heavy (non-hydrogen) atoms. The first-order chi connectivity index (χ1) is 15.3. The topological polar surface area (TPSA) is 108 Å². The molecule has 3 saturated heterocycles. The van der Waals surface area contributed by atoms with Crippen LogP contribution < -0.4 is 10.6 Å². The van der Waals surface area contributed by atoms with Gasteiger partial charge in [0.1, 0.15) is 11.6 Å². The van der Waals surface area contributed by atoms with Gasteiger partial charge in [-0.15, -0.1) is 0 Å². The van der Waals surface area contributed by atoms with Crippen molar-refractivity contribution in [2.45, 2.75) is 56.9 Å². The maximum atomic E-state index is 13.8. The first kappa shape index (κ1) is 23.0. The Labute approximate surface area is 192 Å². The van der Waals surface area contributed by atoms with Crippen LogP contribution in [0.15, 0.2) is 24.3 Å². The smallest absolute Gasteiger partial charge is 0.250 e. The number of aliphatic hydroxyl groups is 1. The van der Waals surface area contributed by atoms with Crippen LogP contribution in [0.5, 0.6) is 0 Å². The number of hydrogen-bond acceptors (Lipinski definition) is 5. The Bertz CT molecular complexity index is 909. The molecule has 0 aliphatic carbocycles. The molecule has 3 fully saturated rings. The molecule has 0 aromatic heterocycles. The number of fused-ring (bicyclic) bond motifs is 1. The molecule has 174 valence electrons. The molecule has 2 bridgehead atoms. The monoisotopic (exact) mass is 463 g/mol. The molecule has 3 aliphatic heterocycles. The third-order valence-electron chi connectivity index (χ3n) is 7.49. The second-order valence-corrected chi connectivity index (χ2v) is 9.48. The number of anilines is 1. The molecule has 8 nitrogen and oxygen atoms in total. The summed E-state index contributed by atoms with van der Waals surface area (Å²) in [6.45, 7) is 3.65. The van der Waals surface area contributed by atoms with E-state index in [0.29, 0.717) is 23.6 Å². The number of aliphatic hydroxyl groups excluding tert-OH is 1. The zero-order valence-electron chi connectivity index (χ0n) is 18.5. The Hall–Kier alpha value is -2.16. The minimum Gasteiger partial charge on any atom is -0.394 e. The highest BCUT2D eigenvalue weighted by molar-refractivity contribution is 6.30. The highest BCUT2D eigenvalue weighted by Gasteiger charge is 2.75. The third-order valence-corrected chi connectivity index (χ3v) is 7.74. The molecular weight excluding hydrogens is 434 g/mol. The molecule has 0 radical (unpaired) electrons. The number of nitrogens with zero attached hydrogens (tertiary/aromatic N) is 1. The number of nitrogens with one attached hydrogen (secondary N) is 2. The lowest BCUT2D eigenvalue weighted by atomic mass is 9.70. The lowest BCUT2D eigenvalue weighted by Crippen LogP contribution is -2.57. The van der Waals surface area contributed by atoms with Crippen molar-refractivity contribution < 1.29 is 24.2 Å². The van der Waals surface area contributed by atoms with E-state index in [4.69, 9.17) is 16.3 Å². The molecule has 9 heteroatoms. The number of benzene rings is 1. The van der Waals surface area contributed by atoms with Crippen molar-refractivity contribution in [3.63, 3.8) is 0 Å². The summed E-state index contributed by atoms with van der Waals surface area (Å²) < 4.78 is 6.33. The van der Waals surface area contributed by atoms with Crippen LogP contribution in [0.25, 0.3) is 0 Å². The van der Waals surface area contributed by atoms with E-state index in [-0.39, 0.29) is 30.2 Å². The van der Waals surface area contributed by atoms with Gasteiger partial charge in [0.15, 0.2) is 0 Å². The molecule has 0 saturated carbocycles. The summed E-state index contributed by atoms with van der Waals surface area (Å²) in [5.74, 6) is -2.37. The first-order valence-electron chi connectivity index (χ1n) is 11.2. The predicted molar refractivity (Wildman–Crippen MR) is 119 cm³/mol. The van der Waals surface area contributed by atoms with Gasteiger partial charge in [-0.1, -0.05) is 31.9 Å². The SMILES string of the molecule is CC[C@H](C)[C@H](CO)N1C(=O)[C@@H]2[C@@H](C(=O)NC)[C@H]3CCC2(O3)C1C(=O)Nc1ccc(Cl)cc1. The van der Waals surface area contributed by atoms with Gasteiger partial charge in [0.25, 0.3) is 0 Å². The Kier molecular flexibility index (Phi) is 6.22. The van der Waals surface area contributed by atoms with Crippen molar-refractivity contribution >= 4 is 35.0 Å². The van der Waals surface area contributed by atoms with E-state index in [0.717, 1.165) is 6.42 Å². The van der Waals surface area contributed by atoms with Gasteiger partial charge in [0.2, 0.25) is 17.7 Å². The standard InChI is InChI=1S/C23H30ClN3O5/c1-4-12(2)15(11-28)27-19(21(30)26-14-7-5-13(24)6-8-14)23-10-9-16(32-23)17(20(29)25-3)18(23)22(27)31/h5-8,12,15-19,28H,4,9-11H2,1-3H3,(H,25,29)(H,26,30)/t12-,15-,16+,17-,18-,19?,23?/m0/s1. The number of carbonyl (C=O) groups excluding carboxylic acids is 3. The molecule has 3 N–H and O–H groups in total. The zero-order valence-corrected chi connectivity index (χ0v) is 19.3. The fourth-order valence-corrected chi connectivity index (χ4v) is 5.90. The molecule has 1 spiro atoms. The van der Waals surface area contributed by atoms with Crippen LogP contribution >= 0.6 is 11.6 Å². The zero-order chi connectivity index (χ0) is 23.2. The molecular formula is C23H30ClN3O5. The fourth-order valence-electron chi connectivity index (χ4n) is 5.77. The van der Waals surface area contributed by atoms with Crippen LogP contribution in [-0.4, -0.2) is 65.2 Å². The Morgan fingerprint density at radius 2 is 2.00 bits per heavy atom. The van der Waals surface area contributed by atoms with E-state index in [1.807, 2.05) is 13.8 Å². The highest BCUT2D eigenvalue weighted by Crippen LogP contribution is 2.59. The minimum atomic E-state index is -1.09. The van der Waals surface area contributed by atoms with Gasteiger partial charge in [0.05, 0.1) is 30.6 Å². The van der Waals surface area contributed by atoms with Crippen LogP contribution in [0.2, 0.25) is 5.02 Å². The summed E-state index contributed by atoms with van der Waals surface area (Å²) in [4.78, 5) is 41.7. The summed E-state index contributed by atoms with van der Waals surface area (Å²) in [7, 11) is 1.54. The van der Waals surface area contributed by atoms with Gasteiger partial charge in [-0.3, -0.25) is 14.4 Å². The van der Waals surface area contributed by atoms with Gasteiger partial charge < -0.3 is 25.4 Å². The maximum Gasteiger partial charge on any atom is 0.250 e. The third kappa shape index (κ3) is 3.40. The predicted octanol–water partition coefficient (Wildman–Crippen LogP) is 1.81. The highest BCUT2D eigenvalue weighted by atomic mass is 35.5. The van der Waals surface area contributed by atoms with Crippen LogP contribution in [0.3, 0.4) is 0 Å². The fraction of sp³-hybridized carbons (Fsp3) is 0.609. The van der Waals surface area contributed by atoms with Crippen LogP contribution in [0.1, 0.15) is 33.1 Å². The van der Waals surface area contributed by atoms with Crippen LogP contribution in [0, 0.1) is 17.8 Å². The Morgan fingerprint density at radius 3 is 2.59 bits per heavy atom. The average Bonchev–Trinajstić information content (AvgIpc) is 3.43. The van der Waals surface area contributed by atoms with E-state index in [2.05, 4.69) is 10.6 Å². The quantitative estimate of drug-likeness (QED) is 0.571. The van der Waals surface area contributed by atoms with Gasteiger partial charge in [-0.2, -0.15) is 0 Å². The molecule has 2 unspecified atom stereocenters. The van der Waals surface area contributed by atoms with Crippen molar-refractivity contribution in [3.8, 4) is 0 Å². The number of amides is 3. The van der Waals surface area contributed by atoms with Crippen LogP contribution in [0.4, 0.5) is 5.69 Å². The molecule has 3 heterocycles. The van der Waals surface area contributed by atoms with Crippen molar-refractivity contribution in [3.05, 3.63) is 29.3 Å². The number of rotatable bonds is 7. The summed E-state index contributed by atoms with van der Waals surface area (Å²) in [6, 6.07) is 5.22. The molecule has 3 aliphatic rings. The molecule has 1 aromatic carbocycles. The number of halogens is 1. The van der Waals surface area contributed by atoms with Crippen LogP contribution in [-0.2, 0) is 19.1 Å². The Morgan fingerprint density at radius 1 is 1.31 bits per heavy atom. The molecule has 7 atom stereocenters. The van der Waals surface area contributed by atoms with E-state index in [9.17, 15) is 19.5 Å². The van der Waals surface area contributed by atoms with E-state index >= 15 is 0 Å². The van der Waals surface area contributed by atoms with E-state index in [1.165, 1.54) is 4.90 Å². The number of likely N-dealkylation sites (tertiary alicyclic amines) is 1. The lowest BCUT2D eigenvalue weighted by Gasteiger charge is -2.38. The number of carbonyl (C=O) groups is 3. The summed E-state index contributed by atoms with van der Waals surface area (Å²) in [5, 5.41) is 16.3. The van der Waals surface area contributed by atoms with Crippen molar-refractivity contribution in [2.75, 3.05) is 19.0 Å². The summed E-state index contributed by atoms with van der Waals surface area (Å²) in [6.07, 6.45) is 1.44. The van der Waals surface area contributed by atoms with Gasteiger partial charge >= 0.3 is 0 Å². The number of ether oxygens (including phenoxy) is 1. The maximum absolute atomic E-state index is 13.8. The molecule has 1 aromatic rings. The minimum absolute atomic E-state index is 0.0411. The second-order valence-electron chi connectivity index (χ2n) is 9.05. The lowest BCUT2D eigenvalue weighted by molar-refractivity contribution is -0.145. The van der Waals surface area contributed by atoms with Crippen molar-refractivity contribution in [1.29, 1.82) is 0 Å². The summed E-state index contributed by atoms with van der Waals surface area (Å²) >= 11 is 5.96. The normalized spacial score (nSPS) is 32.5. The Balaban J connectivity index is 1.76. The number of hydrogen-bond donors (Lipinski definition) is 3. The second kappa shape index (κ2) is 8.65. The summed E-state index contributed by atoms with van der Waals surface area (Å²) in [5.41, 5.74) is -0.540. The van der Waals surface area contributed by atoms with Crippen molar-refractivity contribution in [2.24, 2.45) is 17.8 Å². The van der Waals surface area contributed by atoms with Crippen molar-refractivity contribution in [1.82, 2.24) is 10.2 Å². The molecule has 4 rings (SSSR count). The van der Waals surface area contributed by atoms with Gasteiger partial charge in [-0.05, 0) is 43.0 Å². The van der Waals surface area contributed by atoms with E-state index in [1.54, 1.807) is 31.3 Å². The molecule has 3 amide bonds. The van der Waals surface area contributed by atoms with Gasteiger partial charge in [-0.25, -0.2) is 0 Å². The van der Waals surface area contributed by atoms with Gasteiger partial charge in [0, 0.05) is 17.8 Å². The van der Waals surface area contributed by atoms with E-state index < -0.39 is 35.6 Å². The largest absolute Gasteiger partial charge is 0.394 e.